The molecule has 114 valence electrons. The average molecular weight is 290 g/mol. The van der Waals surface area contributed by atoms with E-state index < -0.39 is 6.10 Å². The highest BCUT2D eigenvalue weighted by atomic mass is 16.5. The first kappa shape index (κ1) is 15.4. The Labute approximate surface area is 125 Å². The molecule has 1 aromatic carbocycles. The molecule has 1 N–H and O–H groups in total. The molecule has 2 rings (SSSR count). The van der Waals surface area contributed by atoms with E-state index in [1.165, 1.54) is 0 Å². The van der Waals surface area contributed by atoms with Gasteiger partial charge in [-0.05, 0) is 25.0 Å². The van der Waals surface area contributed by atoms with Crippen molar-refractivity contribution in [2.75, 3.05) is 13.6 Å². The molecular formula is C16H22N2O3. The fourth-order valence-electron chi connectivity index (χ4n) is 2.42. The van der Waals surface area contributed by atoms with Gasteiger partial charge in [-0.2, -0.15) is 0 Å². The van der Waals surface area contributed by atoms with Gasteiger partial charge in [-0.25, -0.2) is 0 Å². The summed E-state index contributed by atoms with van der Waals surface area (Å²) in [6.45, 7) is 4.42. The van der Waals surface area contributed by atoms with Crippen LogP contribution in [0.25, 0.3) is 0 Å². The standard InChI is InChI=1S/C16H22N2O3/c1-4-13(21-14-8-6-5-7-11(14)2)16(20)17-12-9-15(19)18(3)10-12/h5-8,12-13H,4,9-10H2,1-3H3,(H,17,20)/t12-,13-/m0/s1. The van der Waals surface area contributed by atoms with Crippen molar-refractivity contribution in [2.24, 2.45) is 0 Å². The molecule has 0 bridgehead atoms. The zero-order valence-corrected chi connectivity index (χ0v) is 12.8. The van der Waals surface area contributed by atoms with Crippen LogP contribution in [-0.2, 0) is 9.59 Å². The number of likely N-dealkylation sites (tertiary alicyclic amines) is 1. The van der Waals surface area contributed by atoms with Gasteiger partial charge in [0, 0.05) is 20.0 Å². The first-order valence-corrected chi connectivity index (χ1v) is 7.28. The molecule has 0 unspecified atom stereocenters. The number of nitrogens with zero attached hydrogens (tertiary/aromatic N) is 1. The van der Waals surface area contributed by atoms with E-state index in [1.807, 2.05) is 38.1 Å². The van der Waals surface area contributed by atoms with E-state index in [0.29, 0.717) is 19.4 Å². The number of aryl methyl sites for hydroxylation is 1. The molecule has 2 amide bonds. The summed E-state index contributed by atoms with van der Waals surface area (Å²) in [6, 6.07) is 7.51. The first-order valence-electron chi connectivity index (χ1n) is 7.28. The normalized spacial score (nSPS) is 19.5. The molecule has 1 heterocycles. The Kier molecular flexibility index (Phi) is 4.83. The van der Waals surface area contributed by atoms with E-state index in [2.05, 4.69) is 5.32 Å². The van der Waals surface area contributed by atoms with Gasteiger partial charge in [-0.3, -0.25) is 9.59 Å². The summed E-state index contributed by atoms with van der Waals surface area (Å²) in [5, 5.41) is 2.90. The molecule has 1 aliphatic rings. The number of para-hydroxylation sites is 1. The van der Waals surface area contributed by atoms with E-state index in [4.69, 9.17) is 4.74 Å². The highest BCUT2D eigenvalue weighted by Crippen LogP contribution is 2.19. The fraction of sp³-hybridized carbons (Fsp3) is 0.500. The van der Waals surface area contributed by atoms with Crippen molar-refractivity contribution in [3.8, 4) is 5.75 Å². The van der Waals surface area contributed by atoms with Crippen molar-refractivity contribution < 1.29 is 14.3 Å². The molecule has 1 fully saturated rings. The molecule has 5 heteroatoms. The van der Waals surface area contributed by atoms with Crippen LogP contribution in [-0.4, -0.2) is 42.5 Å². The van der Waals surface area contributed by atoms with Crippen LogP contribution in [0.5, 0.6) is 5.75 Å². The van der Waals surface area contributed by atoms with Crippen LogP contribution in [0.3, 0.4) is 0 Å². The van der Waals surface area contributed by atoms with Crippen molar-refractivity contribution in [2.45, 2.75) is 38.8 Å². The minimum atomic E-state index is -0.535. The lowest BCUT2D eigenvalue weighted by Crippen LogP contribution is -2.44. The maximum absolute atomic E-state index is 12.3. The second kappa shape index (κ2) is 6.61. The van der Waals surface area contributed by atoms with Crippen molar-refractivity contribution in [1.29, 1.82) is 0 Å². The predicted octanol–water partition coefficient (Wildman–Crippen LogP) is 1.50. The third-order valence-corrected chi connectivity index (χ3v) is 3.71. The van der Waals surface area contributed by atoms with Gasteiger partial charge in [0.25, 0.3) is 5.91 Å². The van der Waals surface area contributed by atoms with E-state index >= 15 is 0 Å². The third kappa shape index (κ3) is 3.74. The number of hydrogen-bond donors (Lipinski definition) is 1. The first-order chi connectivity index (χ1) is 10.0. The molecule has 1 saturated heterocycles. The lowest BCUT2D eigenvalue weighted by molar-refractivity contribution is -0.128. The number of likely N-dealkylation sites (N-methyl/N-ethyl adjacent to an activating group) is 1. The van der Waals surface area contributed by atoms with Gasteiger partial charge in [-0.1, -0.05) is 25.1 Å². The molecule has 21 heavy (non-hydrogen) atoms. The second-order valence-corrected chi connectivity index (χ2v) is 5.46. The highest BCUT2D eigenvalue weighted by Gasteiger charge is 2.30. The van der Waals surface area contributed by atoms with Crippen LogP contribution in [0.1, 0.15) is 25.3 Å². The molecule has 5 nitrogen and oxygen atoms in total. The van der Waals surface area contributed by atoms with Gasteiger partial charge in [0.15, 0.2) is 6.10 Å². The van der Waals surface area contributed by atoms with Crippen LogP contribution < -0.4 is 10.1 Å². The zero-order valence-electron chi connectivity index (χ0n) is 12.8. The topological polar surface area (TPSA) is 58.6 Å². The number of amides is 2. The summed E-state index contributed by atoms with van der Waals surface area (Å²) in [5.74, 6) is 0.626. The Hall–Kier alpha value is -2.04. The van der Waals surface area contributed by atoms with Crippen LogP contribution >= 0.6 is 0 Å². The Morgan fingerprint density at radius 2 is 2.19 bits per heavy atom. The van der Waals surface area contributed by atoms with Gasteiger partial charge < -0.3 is 15.0 Å². The number of hydrogen-bond acceptors (Lipinski definition) is 3. The quantitative estimate of drug-likeness (QED) is 0.894. The number of carbonyl (C=O) groups is 2. The molecule has 0 aromatic heterocycles. The van der Waals surface area contributed by atoms with Crippen LogP contribution in [0, 0.1) is 6.92 Å². The largest absolute Gasteiger partial charge is 0.480 e. The fourth-order valence-corrected chi connectivity index (χ4v) is 2.42. The van der Waals surface area contributed by atoms with Crippen molar-refractivity contribution >= 4 is 11.8 Å². The molecule has 0 radical (unpaired) electrons. The van der Waals surface area contributed by atoms with Gasteiger partial charge in [-0.15, -0.1) is 0 Å². The number of rotatable bonds is 5. The molecule has 2 atom stereocenters. The Morgan fingerprint density at radius 3 is 2.76 bits per heavy atom. The number of nitrogens with one attached hydrogen (secondary N) is 1. The summed E-state index contributed by atoms with van der Waals surface area (Å²) >= 11 is 0. The van der Waals surface area contributed by atoms with Crippen molar-refractivity contribution in [3.63, 3.8) is 0 Å². The van der Waals surface area contributed by atoms with E-state index in [0.717, 1.165) is 11.3 Å². The third-order valence-electron chi connectivity index (χ3n) is 3.71. The molecule has 1 aromatic rings. The second-order valence-electron chi connectivity index (χ2n) is 5.46. The van der Waals surface area contributed by atoms with Gasteiger partial charge in [0.2, 0.25) is 5.91 Å². The van der Waals surface area contributed by atoms with Gasteiger partial charge in [0.05, 0.1) is 6.04 Å². The maximum atomic E-state index is 12.3. The molecule has 0 aliphatic carbocycles. The Bertz CT molecular complexity index is 530. The number of carbonyl (C=O) groups excluding carboxylic acids is 2. The average Bonchev–Trinajstić information content (AvgIpc) is 2.76. The SMILES string of the molecule is CC[C@H](Oc1ccccc1C)C(=O)N[C@H]1CC(=O)N(C)C1. The minimum absolute atomic E-state index is 0.0631. The summed E-state index contributed by atoms with van der Waals surface area (Å²) < 4.78 is 5.81. The Morgan fingerprint density at radius 1 is 1.48 bits per heavy atom. The summed E-state index contributed by atoms with van der Waals surface area (Å²) in [7, 11) is 1.75. The summed E-state index contributed by atoms with van der Waals surface area (Å²) in [6.07, 6.45) is 0.409. The van der Waals surface area contributed by atoms with Gasteiger partial charge in [0.1, 0.15) is 5.75 Å². The highest BCUT2D eigenvalue weighted by molar-refractivity contribution is 5.84. The Balaban J connectivity index is 1.96. The predicted molar refractivity (Wildman–Crippen MR) is 80.1 cm³/mol. The van der Waals surface area contributed by atoms with Crippen molar-refractivity contribution in [3.05, 3.63) is 29.8 Å². The molecule has 0 saturated carbocycles. The summed E-state index contributed by atoms with van der Waals surface area (Å²) in [5.41, 5.74) is 1.000. The van der Waals surface area contributed by atoms with Crippen LogP contribution in [0.2, 0.25) is 0 Å². The molecular weight excluding hydrogens is 268 g/mol. The monoisotopic (exact) mass is 290 g/mol. The zero-order chi connectivity index (χ0) is 15.4. The number of benzene rings is 1. The molecule has 1 aliphatic heterocycles. The molecule has 0 spiro atoms. The van der Waals surface area contributed by atoms with Crippen LogP contribution in [0.4, 0.5) is 0 Å². The lowest BCUT2D eigenvalue weighted by Gasteiger charge is -2.20. The van der Waals surface area contributed by atoms with Gasteiger partial charge >= 0.3 is 0 Å². The lowest BCUT2D eigenvalue weighted by atomic mass is 10.2. The van der Waals surface area contributed by atoms with E-state index in [1.54, 1.807) is 11.9 Å². The summed E-state index contributed by atoms with van der Waals surface area (Å²) in [4.78, 5) is 25.4. The van der Waals surface area contributed by atoms with Crippen LogP contribution in [0.15, 0.2) is 24.3 Å². The smallest absolute Gasteiger partial charge is 0.261 e. The van der Waals surface area contributed by atoms with E-state index in [-0.39, 0.29) is 17.9 Å². The minimum Gasteiger partial charge on any atom is -0.480 e. The van der Waals surface area contributed by atoms with Crippen molar-refractivity contribution in [1.82, 2.24) is 10.2 Å². The maximum Gasteiger partial charge on any atom is 0.261 e. The van der Waals surface area contributed by atoms with E-state index in [9.17, 15) is 9.59 Å². The number of ether oxygens (including phenoxy) is 1.